The lowest BCUT2D eigenvalue weighted by molar-refractivity contribution is -0.138. The van der Waals surface area contributed by atoms with Crippen molar-refractivity contribution in [2.45, 2.75) is 41.5 Å². The second-order valence-corrected chi connectivity index (χ2v) is 3.92. The highest BCUT2D eigenvalue weighted by Crippen LogP contribution is 1.89. The van der Waals surface area contributed by atoms with Gasteiger partial charge in [0.2, 0.25) is 5.91 Å². The summed E-state index contributed by atoms with van der Waals surface area (Å²) in [6, 6.07) is 0. The standard InChI is InChI=1S/C6H10O2.C3H5NO.2C3H6O/c1-4-8-6(7)5(2)3;1-2-3(4)5;2*1-3(2)4/h2,4H2,1,3H3;2H,1H2,(H2,4,5);2*1-2H3. The SMILES string of the molecule is C=C(C)C(=O)OCC.C=CC(N)=O.CC(C)=O.CC(C)=O. The summed E-state index contributed by atoms with van der Waals surface area (Å²) in [7, 11) is 0. The van der Waals surface area contributed by atoms with E-state index in [1.54, 1.807) is 13.8 Å². The van der Waals surface area contributed by atoms with Crippen LogP contribution in [0.5, 0.6) is 0 Å². The van der Waals surface area contributed by atoms with Crippen LogP contribution in [0.3, 0.4) is 0 Å². The highest BCUT2D eigenvalue weighted by molar-refractivity contribution is 5.86. The summed E-state index contributed by atoms with van der Waals surface area (Å²) < 4.78 is 4.56. The van der Waals surface area contributed by atoms with Crippen LogP contribution >= 0.6 is 0 Å². The highest BCUT2D eigenvalue weighted by Gasteiger charge is 1.98. The van der Waals surface area contributed by atoms with Gasteiger partial charge < -0.3 is 20.1 Å². The summed E-state index contributed by atoms with van der Waals surface area (Å²) >= 11 is 0. The average molecular weight is 301 g/mol. The minimum absolute atomic E-state index is 0.167. The van der Waals surface area contributed by atoms with Crippen molar-refractivity contribution < 1.29 is 23.9 Å². The zero-order chi connectivity index (χ0) is 18.0. The lowest BCUT2D eigenvalue weighted by atomic mass is 10.4. The van der Waals surface area contributed by atoms with E-state index in [2.05, 4.69) is 23.6 Å². The van der Waals surface area contributed by atoms with E-state index >= 15 is 0 Å². The van der Waals surface area contributed by atoms with E-state index in [9.17, 15) is 19.2 Å². The number of carbonyl (C=O) groups excluding carboxylic acids is 4. The summed E-state index contributed by atoms with van der Waals surface area (Å²) in [6.07, 6.45) is 1.06. The minimum Gasteiger partial charge on any atom is -0.463 e. The van der Waals surface area contributed by atoms with E-state index in [1.807, 2.05) is 0 Å². The third kappa shape index (κ3) is 96.5. The Bertz CT molecular complexity index is 339. The Labute approximate surface area is 127 Å². The number of nitrogens with two attached hydrogens (primary N) is 1. The van der Waals surface area contributed by atoms with Crippen LogP contribution in [0.1, 0.15) is 41.5 Å². The van der Waals surface area contributed by atoms with Gasteiger partial charge in [0, 0.05) is 5.57 Å². The Balaban J connectivity index is -0.0000000970. The molecule has 0 unspecified atom stereocenters. The van der Waals surface area contributed by atoms with Crippen LogP contribution in [0.25, 0.3) is 0 Å². The molecule has 0 aliphatic carbocycles. The van der Waals surface area contributed by atoms with Gasteiger partial charge in [-0.1, -0.05) is 13.2 Å². The summed E-state index contributed by atoms with van der Waals surface area (Å²) in [5.74, 6) is -0.461. The molecule has 0 aliphatic heterocycles. The fraction of sp³-hybridized carbons (Fsp3) is 0.467. The molecule has 6 nitrogen and oxygen atoms in total. The maximum absolute atomic E-state index is 10.4. The van der Waals surface area contributed by atoms with E-state index < -0.39 is 5.91 Å². The maximum atomic E-state index is 10.4. The molecule has 0 radical (unpaired) electrons. The van der Waals surface area contributed by atoms with Gasteiger partial charge in [0.1, 0.15) is 11.6 Å². The van der Waals surface area contributed by atoms with Crippen molar-refractivity contribution in [1.29, 1.82) is 0 Å². The van der Waals surface area contributed by atoms with Crippen LogP contribution in [0, 0.1) is 0 Å². The molecule has 0 saturated heterocycles. The lowest BCUT2D eigenvalue weighted by Gasteiger charge is -1.96. The first-order valence-corrected chi connectivity index (χ1v) is 6.11. The summed E-state index contributed by atoms with van der Waals surface area (Å²) in [5.41, 5.74) is 4.99. The zero-order valence-electron chi connectivity index (χ0n) is 13.8. The van der Waals surface area contributed by atoms with Crippen LogP contribution < -0.4 is 5.73 Å². The number of primary amides is 1. The topological polar surface area (TPSA) is 104 Å². The van der Waals surface area contributed by atoms with Crippen molar-refractivity contribution in [2.24, 2.45) is 5.73 Å². The first-order valence-electron chi connectivity index (χ1n) is 6.11. The number of amides is 1. The number of hydrogen-bond acceptors (Lipinski definition) is 5. The molecular weight excluding hydrogens is 274 g/mol. The molecule has 0 bridgehead atoms. The number of ether oxygens (including phenoxy) is 1. The molecule has 0 aromatic carbocycles. The normalized spacial score (nSPS) is 7.14. The quantitative estimate of drug-likeness (QED) is 0.634. The van der Waals surface area contributed by atoms with Crippen LogP contribution in [0.4, 0.5) is 0 Å². The Morgan fingerprint density at radius 2 is 1.24 bits per heavy atom. The van der Waals surface area contributed by atoms with Crippen molar-refractivity contribution in [3.05, 3.63) is 24.8 Å². The van der Waals surface area contributed by atoms with Crippen molar-refractivity contribution in [3.63, 3.8) is 0 Å². The molecule has 0 rings (SSSR count). The molecule has 1 amide bonds. The first-order chi connectivity index (χ1) is 9.41. The van der Waals surface area contributed by atoms with Crippen molar-refractivity contribution in [2.75, 3.05) is 6.61 Å². The Morgan fingerprint density at radius 1 is 1.00 bits per heavy atom. The van der Waals surface area contributed by atoms with Gasteiger partial charge in [0.05, 0.1) is 6.61 Å². The van der Waals surface area contributed by atoms with Gasteiger partial charge in [-0.2, -0.15) is 0 Å². The van der Waals surface area contributed by atoms with Gasteiger partial charge in [-0.15, -0.1) is 0 Å². The summed E-state index contributed by atoms with van der Waals surface area (Å²) in [5, 5.41) is 0. The molecule has 0 aromatic heterocycles. The first kappa shape index (κ1) is 27.2. The van der Waals surface area contributed by atoms with Crippen LogP contribution in [-0.2, 0) is 23.9 Å². The fourth-order valence-electron chi connectivity index (χ4n) is 0.254. The van der Waals surface area contributed by atoms with E-state index in [1.165, 1.54) is 27.7 Å². The molecule has 2 N–H and O–H groups in total. The third-order valence-electron chi connectivity index (χ3n) is 0.825. The largest absolute Gasteiger partial charge is 0.463 e. The minimum atomic E-state index is -0.481. The van der Waals surface area contributed by atoms with Gasteiger partial charge in [-0.05, 0) is 47.6 Å². The monoisotopic (exact) mass is 301 g/mol. The van der Waals surface area contributed by atoms with Gasteiger partial charge in [-0.3, -0.25) is 4.79 Å². The molecule has 0 fully saturated rings. The molecular formula is C15H27NO5. The van der Waals surface area contributed by atoms with Gasteiger partial charge in [-0.25, -0.2) is 4.79 Å². The van der Waals surface area contributed by atoms with E-state index in [0.29, 0.717) is 12.2 Å². The van der Waals surface area contributed by atoms with Gasteiger partial charge >= 0.3 is 5.97 Å². The maximum Gasteiger partial charge on any atom is 0.333 e. The van der Waals surface area contributed by atoms with Crippen LogP contribution in [0.2, 0.25) is 0 Å². The smallest absolute Gasteiger partial charge is 0.333 e. The average Bonchev–Trinajstić information content (AvgIpc) is 2.28. The molecule has 0 saturated carbocycles. The molecule has 0 aromatic rings. The van der Waals surface area contributed by atoms with E-state index in [0.717, 1.165) is 6.08 Å². The Morgan fingerprint density at radius 3 is 1.29 bits per heavy atom. The predicted octanol–water partition coefficient (Wildman–Crippen LogP) is 1.97. The highest BCUT2D eigenvalue weighted by atomic mass is 16.5. The fourth-order valence-corrected chi connectivity index (χ4v) is 0.254. The van der Waals surface area contributed by atoms with E-state index in [-0.39, 0.29) is 17.5 Å². The molecule has 21 heavy (non-hydrogen) atoms. The van der Waals surface area contributed by atoms with Crippen molar-refractivity contribution in [3.8, 4) is 0 Å². The second kappa shape index (κ2) is 20.1. The van der Waals surface area contributed by atoms with Gasteiger partial charge in [0.15, 0.2) is 0 Å². The third-order valence-corrected chi connectivity index (χ3v) is 0.825. The number of esters is 1. The zero-order valence-corrected chi connectivity index (χ0v) is 13.8. The van der Waals surface area contributed by atoms with Crippen LogP contribution in [-0.4, -0.2) is 30.0 Å². The molecule has 0 atom stereocenters. The molecule has 0 heterocycles. The number of Topliss-reactive ketones (excluding diaryl/α,β-unsaturated/α-hetero) is 2. The Kier molecular flexibility index (Phi) is 26.0. The molecule has 0 aliphatic rings. The summed E-state index contributed by atoms with van der Waals surface area (Å²) in [6.45, 7) is 16.4. The van der Waals surface area contributed by atoms with Crippen molar-refractivity contribution >= 4 is 23.4 Å². The summed E-state index contributed by atoms with van der Waals surface area (Å²) in [4.78, 5) is 38.8. The molecule has 122 valence electrons. The lowest BCUT2D eigenvalue weighted by Crippen LogP contribution is -2.04. The van der Waals surface area contributed by atoms with Crippen molar-refractivity contribution in [1.82, 2.24) is 0 Å². The number of rotatable bonds is 3. The van der Waals surface area contributed by atoms with Crippen LogP contribution in [0.15, 0.2) is 24.8 Å². The second-order valence-electron chi connectivity index (χ2n) is 3.92. The van der Waals surface area contributed by atoms with Gasteiger partial charge in [0.25, 0.3) is 0 Å². The number of ketones is 2. The number of carbonyl (C=O) groups is 4. The Hall–Kier alpha value is -2.24. The number of hydrogen-bond donors (Lipinski definition) is 1. The molecule has 0 spiro atoms. The predicted molar refractivity (Wildman–Crippen MR) is 83.5 cm³/mol. The van der Waals surface area contributed by atoms with E-state index in [4.69, 9.17) is 0 Å². The molecule has 6 heteroatoms.